The van der Waals surface area contributed by atoms with Crippen molar-refractivity contribution in [3.05, 3.63) is 39.6 Å². The summed E-state index contributed by atoms with van der Waals surface area (Å²) in [5, 5.41) is 12.3. The van der Waals surface area contributed by atoms with Crippen LogP contribution in [0, 0.1) is 0 Å². The molecule has 0 spiro atoms. The zero-order valence-corrected chi connectivity index (χ0v) is 10.7. The third-order valence-corrected chi connectivity index (χ3v) is 3.58. The van der Waals surface area contributed by atoms with Gasteiger partial charge in [-0.15, -0.1) is 11.3 Å². The number of thiazole rings is 1. The van der Waals surface area contributed by atoms with Crippen molar-refractivity contribution in [1.82, 2.24) is 9.55 Å². The van der Waals surface area contributed by atoms with E-state index in [9.17, 15) is 4.79 Å². The van der Waals surface area contributed by atoms with Crippen LogP contribution in [0.2, 0.25) is 5.02 Å². The molecule has 2 heterocycles. The summed E-state index contributed by atoms with van der Waals surface area (Å²) >= 11 is 7.38. The van der Waals surface area contributed by atoms with Crippen LogP contribution in [0.3, 0.4) is 0 Å². The number of carboxylic acids is 1. The first kappa shape index (κ1) is 12.1. The zero-order valence-electron chi connectivity index (χ0n) is 9.13. The molecular formula is C11H11ClN2O2S. The average Bonchev–Trinajstić information content (AvgIpc) is 2.89. The van der Waals surface area contributed by atoms with Gasteiger partial charge in [0.25, 0.3) is 0 Å². The van der Waals surface area contributed by atoms with E-state index in [-0.39, 0.29) is 11.7 Å². The Morgan fingerprint density at radius 2 is 2.47 bits per heavy atom. The second-order valence-electron chi connectivity index (χ2n) is 3.55. The van der Waals surface area contributed by atoms with Gasteiger partial charge in [-0.3, -0.25) is 0 Å². The van der Waals surface area contributed by atoms with Crippen LogP contribution >= 0.6 is 22.9 Å². The number of aromatic nitrogens is 2. The van der Waals surface area contributed by atoms with Crippen molar-refractivity contribution in [2.24, 2.45) is 0 Å². The molecule has 0 aromatic carbocycles. The summed E-state index contributed by atoms with van der Waals surface area (Å²) in [6.07, 6.45) is 4.12. The second kappa shape index (κ2) is 4.89. The first-order valence-electron chi connectivity index (χ1n) is 5.13. The van der Waals surface area contributed by atoms with E-state index in [4.69, 9.17) is 16.7 Å². The minimum absolute atomic E-state index is 0.0754. The molecule has 0 saturated heterocycles. The van der Waals surface area contributed by atoms with E-state index in [1.54, 1.807) is 17.0 Å². The van der Waals surface area contributed by atoms with Crippen molar-refractivity contribution in [2.45, 2.75) is 19.4 Å². The lowest BCUT2D eigenvalue weighted by molar-refractivity contribution is 0.0683. The maximum absolute atomic E-state index is 11.1. The Morgan fingerprint density at radius 1 is 1.71 bits per heavy atom. The maximum atomic E-state index is 11.1. The van der Waals surface area contributed by atoms with E-state index in [0.717, 1.165) is 11.4 Å². The molecule has 90 valence electrons. The fourth-order valence-corrected chi connectivity index (χ4v) is 2.79. The number of hydrogen-bond donors (Lipinski definition) is 1. The molecule has 2 aromatic rings. The third-order valence-electron chi connectivity index (χ3n) is 2.49. The first-order valence-corrected chi connectivity index (χ1v) is 6.39. The summed E-state index contributed by atoms with van der Waals surface area (Å²) in [6, 6.07) is 1.38. The van der Waals surface area contributed by atoms with Crippen LogP contribution in [-0.4, -0.2) is 20.6 Å². The van der Waals surface area contributed by atoms with Crippen molar-refractivity contribution in [2.75, 3.05) is 0 Å². The quantitative estimate of drug-likeness (QED) is 0.927. The summed E-state index contributed by atoms with van der Waals surface area (Å²) in [5.74, 6) is -0.980. The van der Waals surface area contributed by atoms with Gasteiger partial charge < -0.3 is 9.67 Å². The minimum atomic E-state index is -0.980. The van der Waals surface area contributed by atoms with Gasteiger partial charge in [-0.1, -0.05) is 18.5 Å². The summed E-state index contributed by atoms with van der Waals surface area (Å²) in [5.41, 5.74) is 0.192. The van der Waals surface area contributed by atoms with Crippen molar-refractivity contribution < 1.29 is 9.90 Å². The predicted octanol–water partition coefficient (Wildman–Crippen LogP) is 3.30. The minimum Gasteiger partial charge on any atom is -0.477 e. The van der Waals surface area contributed by atoms with Gasteiger partial charge in [0.1, 0.15) is 10.7 Å². The molecule has 0 aliphatic heterocycles. The molecule has 2 rings (SSSR count). The van der Waals surface area contributed by atoms with Crippen molar-refractivity contribution in [1.29, 1.82) is 0 Å². The molecule has 17 heavy (non-hydrogen) atoms. The number of nitrogens with zero attached hydrogens (tertiary/aromatic N) is 2. The van der Waals surface area contributed by atoms with Crippen LogP contribution in [0.1, 0.15) is 34.9 Å². The Morgan fingerprint density at radius 3 is 3.00 bits per heavy atom. The van der Waals surface area contributed by atoms with Gasteiger partial charge in [0.15, 0.2) is 0 Å². The van der Waals surface area contributed by atoms with Gasteiger partial charge in [0, 0.05) is 17.8 Å². The fraction of sp³-hybridized carbons (Fsp3) is 0.273. The molecule has 1 atom stereocenters. The molecule has 0 amide bonds. The van der Waals surface area contributed by atoms with E-state index < -0.39 is 5.97 Å². The second-order valence-corrected chi connectivity index (χ2v) is 4.91. The zero-order chi connectivity index (χ0) is 12.4. The predicted molar refractivity (Wildman–Crippen MR) is 66.9 cm³/mol. The van der Waals surface area contributed by atoms with E-state index in [1.807, 2.05) is 12.3 Å². The van der Waals surface area contributed by atoms with Crippen molar-refractivity contribution in [3.63, 3.8) is 0 Å². The Kier molecular flexibility index (Phi) is 3.49. The van der Waals surface area contributed by atoms with Crippen LogP contribution in [0.25, 0.3) is 0 Å². The largest absolute Gasteiger partial charge is 0.477 e. The smallest absolute Gasteiger partial charge is 0.352 e. The fourth-order valence-electron chi connectivity index (χ4n) is 1.76. The van der Waals surface area contributed by atoms with E-state index in [1.165, 1.54) is 17.4 Å². The van der Waals surface area contributed by atoms with Gasteiger partial charge in [0.05, 0.1) is 11.1 Å². The molecule has 0 aliphatic carbocycles. The molecule has 4 nitrogen and oxygen atoms in total. The van der Waals surface area contributed by atoms with Crippen molar-refractivity contribution >= 4 is 28.9 Å². The van der Waals surface area contributed by atoms with Crippen molar-refractivity contribution in [3.8, 4) is 0 Å². The Labute approximate surface area is 107 Å². The van der Waals surface area contributed by atoms with Gasteiger partial charge >= 0.3 is 5.97 Å². The van der Waals surface area contributed by atoms with E-state index >= 15 is 0 Å². The summed E-state index contributed by atoms with van der Waals surface area (Å²) < 4.78 is 1.67. The maximum Gasteiger partial charge on any atom is 0.352 e. The highest BCUT2D eigenvalue weighted by atomic mass is 35.5. The highest BCUT2D eigenvalue weighted by Crippen LogP contribution is 2.28. The molecule has 6 heteroatoms. The number of aromatic carboxylic acids is 1. The number of halogens is 1. The highest BCUT2D eigenvalue weighted by molar-refractivity contribution is 7.09. The molecule has 1 unspecified atom stereocenters. The molecule has 0 radical (unpaired) electrons. The van der Waals surface area contributed by atoms with Crippen LogP contribution in [-0.2, 0) is 0 Å². The Balaban J connectivity index is 2.47. The lowest BCUT2D eigenvalue weighted by Crippen LogP contribution is -2.14. The van der Waals surface area contributed by atoms with E-state index in [2.05, 4.69) is 4.98 Å². The normalized spacial score (nSPS) is 12.6. The topological polar surface area (TPSA) is 55.1 Å². The lowest BCUT2D eigenvalue weighted by atomic mass is 10.2. The van der Waals surface area contributed by atoms with Gasteiger partial charge in [-0.05, 0) is 12.5 Å². The molecule has 0 saturated carbocycles. The van der Waals surface area contributed by atoms with Gasteiger partial charge in [-0.2, -0.15) is 0 Å². The number of carbonyl (C=O) groups is 1. The average molecular weight is 271 g/mol. The SMILES string of the molecule is CCC(c1nccs1)n1cc(Cl)cc1C(=O)O. The molecular weight excluding hydrogens is 260 g/mol. The van der Waals surface area contributed by atoms with Crippen LogP contribution in [0.15, 0.2) is 23.8 Å². The third kappa shape index (κ3) is 2.35. The molecule has 0 aliphatic rings. The number of carboxylic acid groups (broad SMARTS) is 1. The summed E-state index contributed by atoms with van der Waals surface area (Å²) in [4.78, 5) is 15.4. The monoisotopic (exact) mass is 270 g/mol. The lowest BCUT2D eigenvalue weighted by Gasteiger charge is -2.16. The van der Waals surface area contributed by atoms with Gasteiger partial charge in [-0.25, -0.2) is 9.78 Å². The van der Waals surface area contributed by atoms with Crippen LogP contribution in [0.4, 0.5) is 0 Å². The Bertz CT molecular complexity index is 522. The molecule has 0 fully saturated rings. The standard InChI is InChI=1S/C11H11ClN2O2S/c1-2-8(10-13-3-4-17-10)14-6-7(12)5-9(14)11(15)16/h3-6,8H,2H2,1H3,(H,15,16). The van der Waals surface area contributed by atoms with Crippen LogP contribution < -0.4 is 0 Å². The van der Waals surface area contributed by atoms with Gasteiger partial charge in [0.2, 0.25) is 0 Å². The first-order chi connectivity index (χ1) is 8.13. The van der Waals surface area contributed by atoms with E-state index in [0.29, 0.717) is 5.02 Å². The molecule has 0 bridgehead atoms. The number of rotatable bonds is 4. The Hall–Kier alpha value is -1.33. The summed E-state index contributed by atoms with van der Waals surface area (Å²) in [7, 11) is 0. The number of hydrogen-bond acceptors (Lipinski definition) is 3. The molecule has 1 N–H and O–H groups in total. The van der Waals surface area contributed by atoms with Crippen LogP contribution in [0.5, 0.6) is 0 Å². The molecule has 2 aromatic heterocycles. The summed E-state index contributed by atoms with van der Waals surface area (Å²) in [6.45, 7) is 1.99. The highest BCUT2D eigenvalue weighted by Gasteiger charge is 2.21.